The molecule has 1 atom stereocenters. The molecule has 0 fully saturated rings. The lowest BCUT2D eigenvalue weighted by atomic mass is 9.89. The molecule has 134 valence electrons. The highest BCUT2D eigenvalue weighted by molar-refractivity contribution is 14.0. The van der Waals surface area contributed by atoms with Crippen LogP contribution < -0.4 is 15.4 Å². The van der Waals surface area contributed by atoms with Gasteiger partial charge < -0.3 is 15.4 Å². The van der Waals surface area contributed by atoms with Crippen LogP contribution in [-0.2, 0) is 14.8 Å². The van der Waals surface area contributed by atoms with Crippen LogP contribution in [0.15, 0.2) is 4.99 Å². The van der Waals surface area contributed by atoms with Gasteiger partial charge in [-0.15, -0.1) is 24.0 Å². The van der Waals surface area contributed by atoms with Crippen molar-refractivity contribution in [2.75, 3.05) is 39.5 Å². The monoisotopic (exact) mass is 450 g/mol. The molecule has 0 amide bonds. The van der Waals surface area contributed by atoms with Crippen LogP contribution in [0.4, 0.5) is 0 Å². The molecule has 0 aliphatic heterocycles. The first-order valence-corrected chi connectivity index (χ1v) is 8.76. The Morgan fingerprint density at radius 3 is 2.23 bits per heavy atom. The van der Waals surface area contributed by atoms with Crippen LogP contribution in [0.3, 0.4) is 0 Å². The number of ether oxygens (including phenoxy) is 1. The molecule has 0 rings (SSSR count). The first-order valence-electron chi connectivity index (χ1n) is 7.11. The first-order chi connectivity index (χ1) is 9.66. The minimum atomic E-state index is -3.14. The number of guanidine groups is 1. The van der Waals surface area contributed by atoms with Crippen molar-refractivity contribution in [1.29, 1.82) is 0 Å². The highest BCUT2D eigenvalue weighted by atomic mass is 127. The summed E-state index contributed by atoms with van der Waals surface area (Å²) in [6, 6.07) is 0. The summed E-state index contributed by atoms with van der Waals surface area (Å²) < 4.78 is 30.5. The van der Waals surface area contributed by atoms with Gasteiger partial charge in [-0.2, -0.15) is 0 Å². The number of hydrogen-bond donors (Lipinski definition) is 3. The van der Waals surface area contributed by atoms with E-state index >= 15 is 0 Å². The van der Waals surface area contributed by atoms with E-state index in [1.807, 2.05) is 0 Å². The second kappa shape index (κ2) is 11.4. The normalized spacial score (nSPS) is 14.2. The molecule has 0 aliphatic carbocycles. The minimum absolute atomic E-state index is 0. The maximum absolute atomic E-state index is 11.3. The number of aliphatic imine (C=N–C) groups is 1. The predicted molar refractivity (Wildman–Crippen MR) is 102 cm³/mol. The van der Waals surface area contributed by atoms with E-state index in [2.05, 4.69) is 41.1 Å². The molecule has 1 unspecified atom stereocenters. The second-order valence-corrected chi connectivity index (χ2v) is 7.86. The Bertz CT molecular complexity index is 421. The summed E-state index contributed by atoms with van der Waals surface area (Å²) >= 11 is 0. The molecule has 0 spiro atoms. The van der Waals surface area contributed by atoms with Crippen LogP contribution in [0.25, 0.3) is 0 Å². The molecule has 7 nitrogen and oxygen atoms in total. The van der Waals surface area contributed by atoms with Gasteiger partial charge in [-0.3, -0.25) is 4.99 Å². The number of nitrogens with zero attached hydrogens (tertiary/aromatic N) is 1. The van der Waals surface area contributed by atoms with Crippen molar-refractivity contribution in [3.05, 3.63) is 0 Å². The lowest BCUT2D eigenvalue weighted by Crippen LogP contribution is -2.46. The molecule has 9 heteroatoms. The molecule has 0 aromatic rings. The van der Waals surface area contributed by atoms with Crippen molar-refractivity contribution in [1.82, 2.24) is 15.4 Å². The fourth-order valence-electron chi connectivity index (χ4n) is 1.64. The second-order valence-electron chi connectivity index (χ2n) is 5.77. The van der Waals surface area contributed by atoms with Gasteiger partial charge >= 0.3 is 0 Å². The van der Waals surface area contributed by atoms with E-state index in [9.17, 15) is 8.42 Å². The Labute approximate surface area is 152 Å². The maximum Gasteiger partial charge on any atom is 0.211 e. The zero-order chi connectivity index (χ0) is 16.5. The van der Waals surface area contributed by atoms with Gasteiger partial charge in [0.15, 0.2) is 5.96 Å². The van der Waals surface area contributed by atoms with Crippen LogP contribution in [0.5, 0.6) is 0 Å². The van der Waals surface area contributed by atoms with Crippen LogP contribution >= 0.6 is 24.0 Å². The summed E-state index contributed by atoms with van der Waals surface area (Å²) in [7, 11) is 0.215. The van der Waals surface area contributed by atoms with Gasteiger partial charge in [0.25, 0.3) is 0 Å². The zero-order valence-electron chi connectivity index (χ0n) is 14.4. The van der Waals surface area contributed by atoms with Gasteiger partial charge in [-0.05, 0) is 12.3 Å². The molecule has 0 heterocycles. The summed E-state index contributed by atoms with van der Waals surface area (Å²) in [5.74, 6) is 0.707. The van der Waals surface area contributed by atoms with Gasteiger partial charge in [-0.1, -0.05) is 20.8 Å². The van der Waals surface area contributed by atoms with Crippen LogP contribution in [0.1, 0.15) is 27.7 Å². The van der Waals surface area contributed by atoms with Crippen LogP contribution in [0, 0.1) is 5.41 Å². The summed E-state index contributed by atoms with van der Waals surface area (Å²) in [5.41, 5.74) is 0.0252. The van der Waals surface area contributed by atoms with E-state index < -0.39 is 10.0 Å². The molecule has 22 heavy (non-hydrogen) atoms. The zero-order valence-corrected chi connectivity index (χ0v) is 17.5. The third-order valence-electron chi connectivity index (χ3n) is 3.05. The third kappa shape index (κ3) is 10.6. The number of rotatable bonds is 8. The molecular formula is C13H31IN4O3S. The smallest absolute Gasteiger partial charge is 0.211 e. The quantitative estimate of drug-likeness (QED) is 0.220. The van der Waals surface area contributed by atoms with Crippen molar-refractivity contribution >= 4 is 40.0 Å². The summed E-state index contributed by atoms with van der Waals surface area (Å²) in [5, 5.41) is 6.23. The fraction of sp³-hybridized carbons (Fsp3) is 0.923. The van der Waals surface area contributed by atoms with Gasteiger partial charge in [0.05, 0.1) is 11.9 Å². The molecular weight excluding hydrogens is 419 g/mol. The molecule has 0 radical (unpaired) electrons. The largest absolute Gasteiger partial charge is 0.379 e. The molecule has 0 saturated carbocycles. The van der Waals surface area contributed by atoms with E-state index in [-0.39, 0.29) is 41.2 Å². The summed E-state index contributed by atoms with van der Waals surface area (Å²) in [4.78, 5) is 4.09. The van der Waals surface area contributed by atoms with Gasteiger partial charge in [0.2, 0.25) is 10.0 Å². The number of nitrogens with one attached hydrogen (secondary N) is 3. The summed E-state index contributed by atoms with van der Waals surface area (Å²) in [6.07, 6.45) is 0.0506. The standard InChI is InChI=1S/C13H30N4O3S.HI/c1-7-21(18,19)17-9-8-15-12(14-5)16-10-11(20-6)13(2,3)4;/h11,17H,7-10H2,1-6H3,(H2,14,15,16);1H. The molecule has 0 saturated heterocycles. The Hall–Kier alpha value is -0.130. The van der Waals surface area contributed by atoms with Gasteiger partial charge in [-0.25, -0.2) is 13.1 Å². The fourth-order valence-corrected chi connectivity index (χ4v) is 2.26. The van der Waals surface area contributed by atoms with E-state index in [1.165, 1.54) is 0 Å². The Kier molecular flexibility index (Phi) is 12.5. The topological polar surface area (TPSA) is 91.8 Å². The molecule has 0 aromatic carbocycles. The highest BCUT2D eigenvalue weighted by Crippen LogP contribution is 2.20. The van der Waals surface area contributed by atoms with Crippen LogP contribution in [0.2, 0.25) is 0 Å². The van der Waals surface area contributed by atoms with Crippen molar-refractivity contribution < 1.29 is 13.2 Å². The van der Waals surface area contributed by atoms with Crippen molar-refractivity contribution in [2.24, 2.45) is 10.4 Å². The summed E-state index contributed by atoms with van der Waals surface area (Å²) in [6.45, 7) is 9.35. The lowest BCUT2D eigenvalue weighted by molar-refractivity contribution is 0.0205. The highest BCUT2D eigenvalue weighted by Gasteiger charge is 2.24. The maximum atomic E-state index is 11.3. The number of halogens is 1. The van der Waals surface area contributed by atoms with Crippen molar-refractivity contribution in [3.63, 3.8) is 0 Å². The van der Waals surface area contributed by atoms with Crippen molar-refractivity contribution in [3.8, 4) is 0 Å². The van der Waals surface area contributed by atoms with Crippen molar-refractivity contribution in [2.45, 2.75) is 33.8 Å². The van der Waals surface area contributed by atoms with E-state index in [4.69, 9.17) is 4.74 Å². The van der Waals surface area contributed by atoms with Gasteiger partial charge in [0, 0.05) is 33.8 Å². The minimum Gasteiger partial charge on any atom is -0.379 e. The third-order valence-corrected chi connectivity index (χ3v) is 4.45. The van der Waals surface area contributed by atoms with E-state index in [1.54, 1.807) is 21.1 Å². The number of sulfonamides is 1. The van der Waals surface area contributed by atoms with E-state index in [0.29, 0.717) is 25.6 Å². The first kappa shape index (κ1) is 24.1. The Morgan fingerprint density at radius 2 is 1.82 bits per heavy atom. The number of methoxy groups -OCH3 is 1. The van der Waals surface area contributed by atoms with Gasteiger partial charge in [0.1, 0.15) is 0 Å². The van der Waals surface area contributed by atoms with E-state index in [0.717, 1.165) is 0 Å². The Morgan fingerprint density at radius 1 is 1.23 bits per heavy atom. The predicted octanol–water partition coefficient (Wildman–Crippen LogP) is 0.770. The average molecular weight is 450 g/mol. The van der Waals surface area contributed by atoms with Crippen LogP contribution in [-0.4, -0.2) is 60.0 Å². The lowest BCUT2D eigenvalue weighted by Gasteiger charge is -2.30. The Balaban J connectivity index is 0. The molecule has 3 N–H and O–H groups in total. The number of hydrogen-bond acceptors (Lipinski definition) is 4. The molecule has 0 aromatic heterocycles. The molecule has 0 aliphatic rings. The SMILES string of the molecule is CCS(=O)(=O)NCCNC(=NC)NCC(OC)C(C)(C)C.I. The average Bonchev–Trinajstić information content (AvgIpc) is 2.40. The molecule has 0 bridgehead atoms.